The molecule has 0 saturated carbocycles. The molecule has 0 aromatic heterocycles. The Bertz CT molecular complexity index is 562. The van der Waals surface area contributed by atoms with Gasteiger partial charge in [-0.1, -0.05) is 31.2 Å². The summed E-state index contributed by atoms with van der Waals surface area (Å²) in [4.78, 5) is 0. The average Bonchev–Trinajstić information content (AvgIpc) is 2.46. The van der Waals surface area contributed by atoms with E-state index in [1.807, 2.05) is 12.1 Å². The summed E-state index contributed by atoms with van der Waals surface area (Å²) in [5.74, 6) is 0.140. The van der Waals surface area contributed by atoms with E-state index in [0.717, 1.165) is 12.0 Å². The molecule has 1 atom stereocenters. The van der Waals surface area contributed by atoms with Crippen LogP contribution in [0.1, 0.15) is 36.6 Å². The molecule has 3 heteroatoms. The van der Waals surface area contributed by atoms with Crippen LogP contribution >= 0.6 is 0 Å². The molecule has 2 rings (SSSR count). The molecule has 0 saturated heterocycles. The van der Waals surface area contributed by atoms with Crippen molar-refractivity contribution < 1.29 is 14.2 Å². The summed E-state index contributed by atoms with van der Waals surface area (Å²) in [6.07, 6.45) is 0.244. The first kappa shape index (κ1) is 14.5. The van der Waals surface area contributed by atoms with E-state index in [9.17, 15) is 9.50 Å². The number of hydrogen-bond donors (Lipinski definition) is 1. The number of halogens is 1. The summed E-state index contributed by atoms with van der Waals surface area (Å²) < 4.78 is 18.9. The highest BCUT2D eigenvalue weighted by Crippen LogP contribution is 2.26. The lowest BCUT2D eigenvalue weighted by Gasteiger charge is -2.13. The molecule has 0 spiro atoms. The standard InChI is InChI=1S/C17H19FO2/c1-3-13-4-6-14(7-5-13)11-20-17-9-8-15(18)10-16(17)12(2)19/h4-10,12,19H,3,11H2,1-2H3/t12-/m0/s1. The van der Waals surface area contributed by atoms with Gasteiger partial charge >= 0.3 is 0 Å². The minimum atomic E-state index is -0.761. The summed E-state index contributed by atoms with van der Waals surface area (Å²) in [6, 6.07) is 12.4. The molecule has 0 aliphatic rings. The zero-order chi connectivity index (χ0) is 14.5. The molecule has 0 heterocycles. The minimum Gasteiger partial charge on any atom is -0.489 e. The quantitative estimate of drug-likeness (QED) is 0.892. The van der Waals surface area contributed by atoms with E-state index < -0.39 is 6.10 Å². The van der Waals surface area contributed by atoms with Crippen molar-refractivity contribution in [3.63, 3.8) is 0 Å². The minimum absolute atomic E-state index is 0.374. The molecule has 0 unspecified atom stereocenters. The van der Waals surface area contributed by atoms with Gasteiger partial charge in [-0.05, 0) is 42.7 Å². The largest absolute Gasteiger partial charge is 0.489 e. The van der Waals surface area contributed by atoms with Crippen molar-refractivity contribution in [1.29, 1.82) is 0 Å². The van der Waals surface area contributed by atoms with Crippen LogP contribution in [-0.2, 0) is 13.0 Å². The van der Waals surface area contributed by atoms with E-state index in [-0.39, 0.29) is 5.82 Å². The van der Waals surface area contributed by atoms with Gasteiger partial charge in [-0.3, -0.25) is 0 Å². The maximum absolute atomic E-state index is 13.2. The van der Waals surface area contributed by atoms with Gasteiger partial charge in [0.25, 0.3) is 0 Å². The van der Waals surface area contributed by atoms with E-state index in [1.54, 1.807) is 13.0 Å². The smallest absolute Gasteiger partial charge is 0.125 e. The fraction of sp³-hybridized carbons (Fsp3) is 0.294. The lowest BCUT2D eigenvalue weighted by Crippen LogP contribution is -2.01. The molecule has 0 radical (unpaired) electrons. The zero-order valence-electron chi connectivity index (χ0n) is 11.8. The van der Waals surface area contributed by atoms with E-state index in [2.05, 4.69) is 19.1 Å². The van der Waals surface area contributed by atoms with Gasteiger partial charge in [0.1, 0.15) is 18.2 Å². The lowest BCUT2D eigenvalue weighted by molar-refractivity contribution is 0.189. The molecule has 1 N–H and O–H groups in total. The second-order valence-corrected chi connectivity index (χ2v) is 4.82. The van der Waals surface area contributed by atoms with Gasteiger partial charge in [-0.2, -0.15) is 0 Å². The summed E-state index contributed by atoms with van der Waals surface area (Å²) >= 11 is 0. The van der Waals surface area contributed by atoms with Crippen molar-refractivity contribution in [2.45, 2.75) is 33.0 Å². The highest BCUT2D eigenvalue weighted by molar-refractivity contribution is 5.35. The molecule has 106 valence electrons. The Kier molecular flexibility index (Phi) is 4.74. The first-order valence-electron chi connectivity index (χ1n) is 6.78. The molecule has 20 heavy (non-hydrogen) atoms. The highest BCUT2D eigenvalue weighted by Gasteiger charge is 2.10. The molecule has 2 nitrogen and oxygen atoms in total. The van der Waals surface area contributed by atoms with Gasteiger partial charge in [0.15, 0.2) is 0 Å². The van der Waals surface area contributed by atoms with Crippen LogP contribution in [0.15, 0.2) is 42.5 Å². The Balaban J connectivity index is 2.10. The second-order valence-electron chi connectivity index (χ2n) is 4.82. The third kappa shape index (κ3) is 3.58. The van der Waals surface area contributed by atoms with Gasteiger partial charge in [0.2, 0.25) is 0 Å². The molecule has 2 aromatic rings. The Morgan fingerprint density at radius 1 is 1.10 bits per heavy atom. The Morgan fingerprint density at radius 3 is 2.35 bits per heavy atom. The molecule has 0 bridgehead atoms. The summed E-state index contributed by atoms with van der Waals surface area (Å²) in [5, 5.41) is 9.65. The van der Waals surface area contributed by atoms with Crippen LogP contribution in [0.25, 0.3) is 0 Å². The van der Waals surface area contributed by atoms with E-state index in [0.29, 0.717) is 17.9 Å². The average molecular weight is 274 g/mol. The van der Waals surface area contributed by atoms with Crippen molar-refractivity contribution in [1.82, 2.24) is 0 Å². The maximum Gasteiger partial charge on any atom is 0.125 e. The fourth-order valence-corrected chi connectivity index (χ4v) is 2.01. The van der Waals surface area contributed by atoms with Crippen LogP contribution < -0.4 is 4.74 Å². The molecule has 0 aliphatic heterocycles. The van der Waals surface area contributed by atoms with E-state index in [4.69, 9.17) is 4.74 Å². The molecular formula is C17H19FO2. The van der Waals surface area contributed by atoms with Crippen LogP contribution in [0, 0.1) is 5.82 Å². The first-order valence-corrected chi connectivity index (χ1v) is 6.78. The Labute approximate surface area is 118 Å². The van der Waals surface area contributed by atoms with E-state index in [1.165, 1.54) is 17.7 Å². The molecule has 0 amide bonds. The zero-order valence-corrected chi connectivity index (χ0v) is 11.8. The van der Waals surface area contributed by atoms with Crippen molar-refractivity contribution in [3.8, 4) is 5.75 Å². The van der Waals surface area contributed by atoms with E-state index >= 15 is 0 Å². The Morgan fingerprint density at radius 2 is 1.75 bits per heavy atom. The van der Waals surface area contributed by atoms with Crippen LogP contribution in [0.4, 0.5) is 4.39 Å². The third-order valence-electron chi connectivity index (χ3n) is 3.25. The number of ether oxygens (including phenoxy) is 1. The summed E-state index contributed by atoms with van der Waals surface area (Å²) in [7, 11) is 0. The second kappa shape index (κ2) is 6.53. The number of rotatable bonds is 5. The van der Waals surface area contributed by atoms with Crippen molar-refractivity contribution in [3.05, 3.63) is 65.0 Å². The first-order chi connectivity index (χ1) is 9.60. The molecule has 0 aliphatic carbocycles. The predicted octanol–water partition coefficient (Wildman–Crippen LogP) is 4.02. The van der Waals surface area contributed by atoms with Crippen LogP contribution in [0.3, 0.4) is 0 Å². The Hall–Kier alpha value is -1.87. The lowest BCUT2D eigenvalue weighted by atomic mass is 10.1. The van der Waals surface area contributed by atoms with Gasteiger partial charge in [0, 0.05) is 5.56 Å². The number of aliphatic hydroxyl groups excluding tert-OH is 1. The monoisotopic (exact) mass is 274 g/mol. The van der Waals surface area contributed by atoms with Crippen molar-refractivity contribution >= 4 is 0 Å². The SMILES string of the molecule is CCc1ccc(COc2ccc(F)cc2[C@H](C)O)cc1. The highest BCUT2D eigenvalue weighted by atomic mass is 19.1. The normalized spacial score (nSPS) is 12.2. The number of aryl methyl sites for hydroxylation is 1. The van der Waals surface area contributed by atoms with Crippen molar-refractivity contribution in [2.75, 3.05) is 0 Å². The van der Waals surface area contributed by atoms with Gasteiger partial charge in [0.05, 0.1) is 6.10 Å². The van der Waals surface area contributed by atoms with Gasteiger partial charge in [-0.15, -0.1) is 0 Å². The number of hydrogen-bond acceptors (Lipinski definition) is 2. The number of benzene rings is 2. The predicted molar refractivity (Wildman–Crippen MR) is 77.2 cm³/mol. The van der Waals surface area contributed by atoms with Gasteiger partial charge in [-0.25, -0.2) is 4.39 Å². The maximum atomic E-state index is 13.2. The van der Waals surface area contributed by atoms with Crippen LogP contribution in [0.5, 0.6) is 5.75 Å². The van der Waals surface area contributed by atoms with Gasteiger partial charge < -0.3 is 9.84 Å². The fourth-order valence-electron chi connectivity index (χ4n) is 2.01. The van der Waals surface area contributed by atoms with Crippen LogP contribution in [0.2, 0.25) is 0 Å². The van der Waals surface area contributed by atoms with Crippen molar-refractivity contribution in [2.24, 2.45) is 0 Å². The third-order valence-corrected chi connectivity index (χ3v) is 3.25. The topological polar surface area (TPSA) is 29.5 Å². The summed E-state index contributed by atoms with van der Waals surface area (Å²) in [6.45, 7) is 4.10. The molecule has 0 fully saturated rings. The molecular weight excluding hydrogens is 255 g/mol. The van der Waals surface area contributed by atoms with Crippen LogP contribution in [-0.4, -0.2) is 5.11 Å². The summed E-state index contributed by atoms with van der Waals surface area (Å²) in [5.41, 5.74) is 2.79. The molecule has 2 aromatic carbocycles. The number of aliphatic hydroxyl groups is 1.